The second kappa shape index (κ2) is 4.77. The third-order valence-corrected chi connectivity index (χ3v) is 3.40. The van der Waals surface area contributed by atoms with Gasteiger partial charge in [0.05, 0.1) is 13.1 Å². The Morgan fingerprint density at radius 3 is 3.06 bits per heavy atom. The minimum absolute atomic E-state index is 0.0673. The lowest BCUT2D eigenvalue weighted by Crippen LogP contribution is -2.56. The highest BCUT2D eigenvalue weighted by Gasteiger charge is 2.32. The summed E-state index contributed by atoms with van der Waals surface area (Å²) in [6.07, 6.45) is 5.22. The summed E-state index contributed by atoms with van der Waals surface area (Å²) in [6.45, 7) is 1.54. The molecule has 94 valence electrons. The van der Waals surface area contributed by atoms with E-state index in [2.05, 4.69) is 10.1 Å². The van der Waals surface area contributed by atoms with Crippen molar-refractivity contribution < 1.29 is 9.53 Å². The minimum atomic E-state index is 0.0673. The monoisotopic (exact) mass is 264 g/mol. The SMILES string of the molecule is O=C(Cn1cccn1)N1CC(Oc2nccs2)C1. The Hall–Kier alpha value is -1.89. The lowest BCUT2D eigenvalue weighted by molar-refractivity contribution is -0.140. The van der Waals surface area contributed by atoms with E-state index in [1.807, 2.05) is 5.38 Å². The molecule has 2 aromatic rings. The van der Waals surface area contributed by atoms with Crippen LogP contribution in [-0.2, 0) is 11.3 Å². The van der Waals surface area contributed by atoms with Crippen LogP contribution in [0.2, 0.25) is 0 Å². The zero-order valence-electron chi connectivity index (χ0n) is 9.60. The topological polar surface area (TPSA) is 60.2 Å². The number of amides is 1. The van der Waals surface area contributed by atoms with Crippen LogP contribution >= 0.6 is 11.3 Å². The van der Waals surface area contributed by atoms with Gasteiger partial charge in [-0.05, 0) is 6.07 Å². The molecule has 0 atom stereocenters. The fourth-order valence-corrected chi connectivity index (χ4v) is 2.31. The van der Waals surface area contributed by atoms with Crippen LogP contribution in [0.1, 0.15) is 0 Å². The Labute approximate surface area is 108 Å². The van der Waals surface area contributed by atoms with Crippen LogP contribution in [0.4, 0.5) is 0 Å². The van der Waals surface area contributed by atoms with E-state index in [4.69, 9.17) is 4.74 Å². The van der Waals surface area contributed by atoms with Gasteiger partial charge in [0.2, 0.25) is 5.91 Å². The number of ether oxygens (including phenoxy) is 1. The van der Waals surface area contributed by atoms with Gasteiger partial charge >= 0.3 is 0 Å². The van der Waals surface area contributed by atoms with Gasteiger partial charge < -0.3 is 9.64 Å². The second-order valence-electron chi connectivity index (χ2n) is 4.04. The van der Waals surface area contributed by atoms with E-state index in [0.717, 1.165) is 0 Å². The van der Waals surface area contributed by atoms with E-state index in [1.54, 1.807) is 34.2 Å². The highest BCUT2D eigenvalue weighted by molar-refractivity contribution is 7.11. The normalized spacial score (nSPS) is 15.4. The van der Waals surface area contributed by atoms with Gasteiger partial charge in [-0.2, -0.15) is 5.10 Å². The van der Waals surface area contributed by atoms with Gasteiger partial charge in [-0.25, -0.2) is 4.98 Å². The first kappa shape index (κ1) is 11.2. The van der Waals surface area contributed by atoms with Crippen molar-refractivity contribution in [1.82, 2.24) is 19.7 Å². The van der Waals surface area contributed by atoms with Crippen molar-refractivity contribution in [3.63, 3.8) is 0 Å². The van der Waals surface area contributed by atoms with Crippen LogP contribution in [0.3, 0.4) is 0 Å². The predicted molar refractivity (Wildman–Crippen MR) is 65.3 cm³/mol. The average molecular weight is 264 g/mol. The summed E-state index contributed by atoms with van der Waals surface area (Å²) in [6, 6.07) is 1.80. The molecule has 0 spiro atoms. The Morgan fingerprint density at radius 1 is 1.50 bits per heavy atom. The maximum atomic E-state index is 11.8. The van der Waals surface area contributed by atoms with Gasteiger partial charge in [-0.15, -0.1) is 0 Å². The summed E-state index contributed by atoms with van der Waals surface area (Å²) in [4.78, 5) is 17.6. The first-order valence-corrected chi connectivity index (χ1v) is 6.50. The predicted octanol–water partition coefficient (Wildman–Crippen LogP) is 0.629. The quantitative estimate of drug-likeness (QED) is 0.812. The highest BCUT2D eigenvalue weighted by atomic mass is 32.1. The summed E-state index contributed by atoms with van der Waals surface area (Å²) >= 11 is 1.46. The van der Waals surface area contributed by atoms with E-state index in [-0.39, 0.29) is 18.6 Å². The standard InChI is InChI=1S/C11H12N4O2S/c16-10(8-15-4-1-2-13-15)14-6-9(7-14)17-11-12-3-5-18-11/h1-5,9H,6-8H2. The molecule has 0 N–H and O–H groups in total. The van der Waals surface area contributed by atoms with Crippen LogP contribution in [0.25, 0.3) is 0 Å². The Bertz CT molecular complexity index is 505. The van der Waals surface area contributed by atoms with E-state index < -0.39 is 0 Å². The molecule has 0 saturated carbocycles. The molecule has 0 bridgehead atoms. The van der Waals surface area contributed by atoms with Crippen molar-refractivity contribution >= 4 is 17.2 Å². The summed E-state index contributed by atoms with van der Waals surface area (Å²) in [5.41, 5.74) is 0. The van der Waals surface area contributed by atoms with Crippen molar-refractivity contribution in [2.24, 2.45) is 0 Å². The molecule has 0 aromatic carbocycles. The van der Waals surface area contributed by atoms with Crippen LogP contribution in [-0.4, -0.2) is 44.8 Å². The van der Waals surface area contributed by atoms with Crippen LogP contribution < -0.4 is 4.74 Å². The van der Waals surface area contributed by atoms with Crippen molar-refractivity contribution in [3.8, 4) is 5.19 Å². The van der Waals surface area contributed by atoms with Gasteiger partial charge in [0.25, 0.3) is 5.19 Å². The fraction of sp³-hybridized carbons (Fsp3) is 0.364. The van der Waals surface area contributed by atoms with Crippen LogP contribution in [0.15, 0.2) is 30.0 Å². The number of hydrogen-bond donors (Lipinski definition) is 0. The molecule has 2 aromatic heterocycles. The second-order valence-corrected chi connectivity index (χ2v) is 4.90. The fourth-order valence-electron chi connectivity index (χ4n) is 1.76. The average Bonchev–Trinajstić information content (AvgIpc) is 2.94. The molecule has 0 unspecified atom stereocenters. The maximum absolute atomic E-state index is 11.8. The molecule has 0 radical (unpaired) electrons. The molecule has 3 heterocycles. The van der Waals surface area contributed by atoms with Gasteiger partial charge in [0.1, 0.15) is 12.6 Å². The lowest BCUT2D eigenvalue weighted by atomic mass is 10.1. The zero-order chi connectivity index (χ0) is 12.4. The molecular weight excluding hydrogens is 252 g/mol. The maximum Gasteiger partial charge on any atom is 0.273 e. The highest BCUT2D eigenvalue weighted by Crippen LogP contribution is 2.20. The van der Waals surface area contributed by atoms with Crippen molar-refractivity contribution in [1.29, 1.82) is 0 Å². The van der Waals surface area contributed by atoms with Gasteiger partial charge in [-0.1, -0.05) is 11.3 Å². The van der Waals surface area contributed by atoms with Crippen molar-refractivity contribution in [2.45, 2.75) is 12.6 Å². The lowest BCUT2D eigenvalue weighted by Gasteiger charge is -2.38. The van der Waals surface area contributed by atoms with Gasteiger partial charge in [-0.3, -0.25) is 9.48 Å². The Morgan fingerprint density at radius 2 is 2.39 bits per heavy atom. The van der Waals surface area contributed by atoms with E-state index in [1.165, 1.54) is 11.3 Å². The Balaban J connectivity index is 1.45. The van der Waals surface area contributed by atoms with Crippen LogP contribution in [0.5, 0.6) is 5.19 Å². The van der Waals surface area contributed by atoms with E-state index >= 15 is 0 Å². The first-order valence-electron chi connectivity index (χ1n) is 5.62. The minimum Gasteiger partial charge on any atom is -0.463 e. The molecule has 1 aliphatic rings. The zero-order valence-corrected chi connectivity index (χ0v) is 10.4. The molecule has 1 fully saturated rings. The van der Waals surface area contributed by atoms with Crippen LogP contribution in [0, 0.1) is 0 Å². The van der Waals surface area contributed by atoms with E-state index in [9.17, 15) is 4.79 Å². The third-order valence-electron chi connectivity index (χ3n) is 2.73. The number of carbonyl (C=O) groups excluding carboxylic acids is 1. The number of thiazole rings is 1. The summed E-state index contributed by atoms with van der Waals surface area (Å²) < 4.78 is 7.22. The van der Waals surface area contributed by atoms with Gasteiger partial charge in [0, 0.05) is 24.0 Å². The smallest absolute Gasteiger partial charge is 0.273 e. The molecule has 18 heavy (non-hydrogen) atoms. The van der Waals surface area contributed by atoms with Gasteiger partial charge in [0.15, 0.2) is 0 Å². The first-order chi connectivity index (χ1) is 8.81. The summed E-state index contributed by atoms with van der Waals surface area (Å²) in [7, 11) is 0. The molecular formula is C11H12N4O2S. The van der Waals surface area contributed by atoms with Crippen molar-refractivity contribution in [2.75, 3.05) is 13.1 Å². The number of likely N-dealkylation sites (tertiary alicyclic amines) is 1. The number of carbonyl (C=O) groups is 1. The molecule has 0 aliphatic carbocycles. The molecule has 7 heteroatoms. The third kappa shape index (κ3) is 2.35. The molecule has 1 amide bonds. The largest absolute Gasteiger partial charge is 0.463 e. The number of aromatic nitrogens is 3. The van der Waals surface area contributed by atoms with Crippen molar-refractivity contribution in [3.05, 3.63) is 30.0 Å². The molecule has 3 rings (SSSR count). The number of rotatable bonds is 4. The molecule has 1 saturated heterocycles. The number of nitrogens with zero attached hydrogens (tertiary/aromatic N) is 4. The molecule has 6 nitrogen and oxygen atoms in total. The Kier molecular flexibility index (Phi) is 2.97. The summed E-state index contributed by atoms with van der Waals surface area (Å²) in [5.74, 6) is 0.0673. The summed E-state index contributed by atoms with van der Waals surface area (Å²) in [5, 5.41) is 6.54. The van der Waals surface area contributed by atoms with E-state index in [0.29, 0.717) is 18.3 Å². The number of hydrogen-bond acceptors (Lipinski definition) is 5. The molecule has 1 aliphatic heterocycles.